The molecule has 0 aromatic heterocycles. The van der Waals surface area contributed by atoms with E-state index in [0.29, 0.717) is 31.4 Å². The summed E-state index contributed by atoms with van der Waals surface area (Å²) in [5, 5.41) is 5.07. The number of imide groups is 4. The van der Waals surface area contributed by atoms with Gasteiger partial charge in [0.2, 0.25) is 0 Å². The fourth-order valence-electron chi connectivity index (χ4n) is 5.17. The molecule has 2 saturated heterocycles. The minimum absolute atomic E-state index is 0.0220. The number of rotatable bonds is 8. The molecule has 2 heterocycles. The van der Waals surface area contributed by atoms with Gasteiger partial charge in [-0.05, 0) is 74.9 Å². The molecule has 2 aromatic rings. The number of thioether (sulfide) groups is 1. The fraction of sp³-hybridized carbons (Fsp3) is 0.438. The third-order valence-corrected chi connectivity index (χ3v) is 10.9. The van der Waals surface area contributed by atoms with Gasteiger partial charge in [0.05, 0.1) is 27.9 Å². The number of halogens is 8. The minimum atomic E-state index is -4.72. The summed E-state index contributed by atoms with van der Waals surface area (Å²) in [5.74, 6) is -6.61. The van der Waals surface area contributed by atoms with Crippen molar-refractivity contribution < 1.29 is 68.1 Å². The van der Waals surface area contributed by atoms with Crippen LogP contribution in [0, 0.1) is 25.5 Å². The molecule has 0 radical (unpaired) electrons. The standard InChI is InChI=1S/C16H15F4N3O4S.C16H15F4N3O3S/c1-8-4-10(17)11(5-12(8)28(27)7-16(18,19)20)23-13(24)6-22(15(23)26)14(25)21-9-2-3-9;1-8-4-10(17)11(5-12(8)27-7-16(18,19)20)23-13(24)6-22(15(23)26)14(25)21-9-2-3-9/h4-5,9H,2-3,6-7H2,1H3,(H,21,25);4-5,9H,2-3,6-7H2,1H3,(H,21,25). The maximum atomic E-state index is 14.4. The molecule has 1 unspecified atom stereocenters. The van der Waals surface area contributed by atoms with Crippen molar-refractivity contribution in [1.29, 1.82) is 0 Å². The van der Waals surface area contributed by atoms with Crippen molar-refractivity contribution in [3.05, 3.63) is 47.0 Å². The third-order valence-electron chi connectivity index (χ3n) is 8.13. The lowest BCUT2D eigenvalue weighted by molar-refractivity contribution is -0.117. The van der Waals surface area contributed by atoms with E-state index in [1.807, 2.05) is 0 Å². The molecule has 6 rings (SSSR count). The number of carbonyl (C=O) groups excluding carboxylic acids is 6. The topological polar surface area (TPSA) is 157 Å². The highest BCUT2D eigenvalue weighted by atomic mass is 32.2. The maximum Gasteiger partial charge on any atom is 0.400 e. The van der Waals surface area contributed by atoms with E-state index in [9.17, 15) is 68.1 Å². The van der Waals surface area contributed by atoms with Gasteiger partial charge in [-0.1, -0.05) is 0 Å². The monoisotopic (exact) mass is 826 g/mol. The Balaban J connectivity index is 0.000000211. The van der Waals surface area contributed by atoms with Gasteiger partial charge in [0.1, 0.15) is 30.5 Å². The predicted octanol–water partition coefficient (Wildman–Crippen LogP) is 5.87. The molecule has 298 valence electrons. The molecule has 0 spiro atoms. The second-order valence-electron chi connectivity index (χ2n) is 12.8. The lowest BCUT2D eigenvalue weighted by Gasteiger charge is -2.18. The molecule has 55 heavy (non-hydrogen) atoms. The summed E-state index contributed by atoms with van der Waals surface area (Å²) in [7, 11) is -2.56. The number of hydrogen-bond acceptors (Lipinski definition) is 8. The first-order valence-electron chi connectivity index (χ1n) is 16.2. The lowest BCUT2D eigenvalue weighted by atomic mass is 10.2. The zero-order valence-electron chi connectivity index (χ0n) is 28.6. The molecule has 4 fully saturated rings. The Bertz CT molecular complexity index is 1970. The predicted molar refractivity (Wildman–Crippen MR) is 179 cm³/mol. The Labute approximate surface area is 313 Å². The summed E-state index contributed by atoms with van der Waals surface area (Å²) in [6.45, 7) is 1.50. The van der Waals surface area contributed by atoms with Crippen LogP contribution in [-0.4, -0.2) is 99.0 Å². The number of nitrogens with zero attached hydrogens (tertiary/aromatic N) is 4. The normalized spacial score (nSPS) is 18.1. The molecule has 2 N–H and O–H groups in total. The SMILES string of the molecule is Cc1cc(F)c(N2C(=O)CN(C(=O)NC3CC3)C2=O)cc1S(=O)CC(F)(F)F.Cc1cc(F)c(N2C(=O)CN(C(=O)NC3CC3)C2=O)cc1SCC(F)(F)F. The zero-order chi connectivity index (χ0) is 40.7. The van der Waals surface area contributed by atoms with E-state index < -0.39 is 107 Å². The van der Waals surface area contributed by atoms with E-state index >= 15 is 0 Å². The highest BCUT2D eigenvalue weighted by molar-refractivity contribution is 7.99. The van der Waals surface area contributed by atoms with Gasteiger partial charge in [-0.2, -0.15) is 26.3 Å². The first kappa shape index (κ1) is 41.4. The van der Waals surface area contributed by atoms with Gasteiger partial charge in [0.25, 0.3) is 11.8 Å². The van der Waals surface area contributed by atoms with Gasteiger partial charge in [0.15, 0.2) is 0 Å². The summed E-state index contributed by atoms with van der Waals surface area (Å²) in [5.41, 5.74) is -0.894. The van der Waals surface area contributed by atoms with Crippen LogP contribution in [0.1, 0.15) is 36.8 Å². The Morgan fingerprint density at radius 1 is 0.727 bits per heavy atom. The molecule has 0 bridgehead atoms. The van der Waals surface area contributed by atoms with Gasteiger partial charge in [-0.3, -0.25) is 13.8 Å². The average molecular weight is 827 g/mol. The highest BCUT2D eigenvalue weighted by Crippen LogP contribution is 2.36. The lowest BCUT2D eigenvalue weighted by Crippen LogP contribution is -2.43. The Morgan fingerprint density at radius 3 is 1.58 bits per heavy atom. The van der Waals surface area contributed by atoms with Crippen LogP contribution < -0.4 is 20.4 Å². The van der Waals surface area contributed by atoms with Crippen molar-refractivity contribution in [3.63, 3.8) is 0 Å². The van der Waals surface area contributed by atoms with Crippen LogP contribution in [0.5, 0.6) is 0 Å². The van der Waals surface area contributed by atoms with Crippen molar-refractivity contribution >= 4 is 69.9 Å². The highest BCUT2D eigenvalue weighted by Gasteiger charge is 2.45. The van der Waals surface area contributed by atoms with Crippen LogP contribution in [0.15, 0.2) is 34.1 Å². The molecule has 2 aliphatic heterocycles. The van der Waals surface area contributed by atoms with Crippen molar-refractivity contribution in [2.75, 3.05) is 34.4 Å². The number of alkyl halides is 6. The smallest absolute Gasteiger partial charge is 0.335 e. The number of carbonyl (C=O) groups is 6. The van der Waals surface area contributed by atoms with Crippen molar-refractivity contribution in [1.82, 2.24) is 20.4 Å². The quantitative estimate of drug-likeness (QED) is 0.190. The first-order valence-corrected chi connectivity index (χ1v) is 18.5. The molecule has 4 aliphatic rings. The van der Waals surface area contributed by atoms with Crippen LogP contribution in [-0.2, 0) is 20.4 Å². The van der Waals surface area contributed by atoms with Gasteiger partial charge in [-0.15, -0.1) is 11.8 Å². The maximum absolute atomic E-state index is 14.4. The Morgan fingerprint density at radius 2 is 1.16 bits per heavy atom. The van der Waals surface area contributed by atoms with E-state index in [1.165, 1.54) is 13.8 Å². The van der Waals surface area contributed by atoms with Gasteiger partial charge < -0.3 is 10.6 Å². The zero-order valence-corrected chi connectivity index (χ0v) is 30.2. The summed E-state index contributed by atoms with van der Waals surface area (Å²) in [6, 6.07) is -0.286. The van der Waals surface area contributed by atoms with Crippen LogP contribution in [0.25, 0.3) is 0 Å². The van der Waals surface area contributed by atoms with Crippen molar-refractivity contribution in [3.8, 4) is 0 Å². The van der Waals surface area contributed by atoms with E-state index in [4.69, 9.17) is 0 Å². The van der Waals surface area contributed by atoms with Crippen LogP contribution in [0.4, 0.5) is 65.7 Å². The molecule has 13 nitrogen and oxygen atoms in total. The summed E-state index contributed by atoms with van der Waals surface area (Å²) < 4.78 is 116. The van der Waals surface area contributed by atoms with E-state index in [1.54, 1.807) is 0 Å². The van der Waals surface area contributed by atoms with E-state index in [2.05, 4.69) is 10.6 Å². The summed E-state index contributed by atoms with van der Waals surface area (Å²) in [6.07, 6.45) is -6.11. The van der Waals surface area contributed by atoms with Gasteiger partial charge in [0, 0.05) is 21.9 Å². The summed E-state index contributed by atoms with van der Waals surface area (Å²) >= 11 is 0.428. The number of aryl methyl sites for hydroxylation is 2. The first-order chi connectivity index (χ1) is 25.5. The van der Waals surface area contributed by atoms with Crippen LogP contribution in [0.3, 0.4) is 0 Å². The number of urea groups is 4. The van der Waals surface area contributed by atoms with E-state index in [0.717, 1.165) is 49.9 Å². The molecule has 10 amide bonds. The minimum Gasteiger partial charge on any atom is -0.335 e. The molecule has 1 atom stereocenters. The van der Waals surface area contributed by atoms with Gasteiger partial charge >= 0.3 is 36.5 Å². The average Bonchev–Trinajstić information content (AvgIpc) is 3.99. The molecule has 2 aliphatic carbocycles. The fourth-order valence-corrected chi connectivity index (χ4v) is 7.08. The molecule has 2 aromatic carbocycles. The number of anilines is 2. The number of benzene rings is 2. The van der Waals surface area contributed by atoms with E-state index in [-0.39, 0.29) is 33.0 Å². The van der Waals surface area contributed by atoms with Crippen molar-refractivity contribution in [2.45, 2.75) is 73.8 Å². The van der Waals surface area contributed by atoms with Gasteiger partial charge in [-0.25, -0.2) is 47.6 Å². The third kappa shape index (κ3) is 10.1. The Kier molecular flexibility index (Phi) is 11.8. The molecular formula is C32H30F8N6O7S2. The van der Waals surface area contributed by atoms with Crippen LogP contribution >= 0.6 is 11.8 Å². The second kappa shape index (κ2) is 15.7. The second-order valence-corrected chi connectivity index (χ2v) is 15.2. The molecule has 23 heteroatoms. The number of nitrogens with one attached hydrogen (secondary N) is 2. The largest absolute Gasteiger partial charge is 0.400 e. The molecule has 2 saturated carbocycles. The summed E-state index contributed by atoms with van der Waals surface area (Å²) in [4.78, 5) is 75.2. The number of hydrogen-bond donors (Lipinski definition) is 2. The van der Waals surface area contributed by atoms with Crippen molar-refractivity contribution in [2.24, 2.45) is 0 Å². The molecular weight excluding hydrogens is 797 g/mol. The van der Waals surface area contributed by atoms with Crippen LogP contribution in [0.2, 0.25) is 0 Å². The number of amides is 10. The Hall–Kier alpha value is -4.80.